The molecule has 2 rings (SSSR count). The molecule has 17 heavy (non-hydrogen) atoms. The SMILES string of the molecule is Cc1ccc2c(c1)N(CCO)C(C)(C)CC2C. The van der Waals surface area contributed by atoms with Crippen LogP contribution >= 0.6 is 0 Å². The molecule has 1 aliphatic heterocycles. The summed E-state index contributed by atoms with van der Waals surface area (Å²) < 4.78 is 0. The summed E-state index contributed by atoms with van der Waals surface area (Å²) in [4.78, 5) is 2.36. The Kier molecular flexibility index (Phi) is 3.17. The van der Waals surface area contributed by atoms with Crippen LogP contribution in [0.5, 0.6) is 0 Å². The number of hydrogen-bond acceptors (Lipinski definition) is 2. The van der Waals surface area contributed by atoms with E-state index in [1.165, 1.54) is 16.8 Å². The van der Waals surface area contributed by atoms with Gasteiger partial charge in [0.1, 0.15) is 0 Å². The van der Waals surface area contributed by atoms with E-state index >= 15 is 0 Å². The molecule has 0 aromatic heterocycles. The summed E-state index contributed by atoms with van der Waals surface area (Å²) in [5, 5.41) is 9.27. The normalized spacial score (nSPS) is 22.4. The molecule has 0 spiro atoms. The third kappa shape index (κ3) is 2.19. The average molecular weight is 233 g/mol. The standard InChI is InChI=1S/C15H23NO/c1-11-5-6-13-12(2)10-15(3,4)16(7-8-17)14(13)9-11/h5-6,9,12,17H,7-8,10H2,1-4H3. The molecule has 1 unspecified atom stereocenters. The molecule has 0 amide bonds. The van der Waals surface area contributed by atoms with E-state index in [1.807, 2.05) is 0 Å². The van der Waals surface area contributed by atoms with Gasteiger partial charge in [-0.2, -0.15) is 0 Å². The Morgan fingerprint density at radius 3 is 2.76 bits per heavy atom. The van der Waals surface area contributed by atoms with Crippen LogP contribution in [0.1, 0.15) is 44.2 Å². The van der Waals surface area contributed by atoms with E-state index in [4.69, 9.17) is 0 Å². The lowest BCUT2D eigenvalue weighted by atomic mass is 9.80. The molecule has 1 aromatic rings. The molecule has 0 fully saturated rings. The third-order valence-corrected chi connectivity index (χ3v) is 3.87. The summed E-state index contributed by atoms with van der Waals surface area (Å²) in [6.07, 6.45) is 1.14. The molecular weight excluding hydrogens is 210 g/mol. The Morgan fingerprint density at radius 2 is 2.12 bits per heavy atom. The molecule has 0 saturated carbocycles. The molecule has 2 nitrogen and oxygen atoms in total. The van der Waals surface area contributed by atoms with Crippen molar-refractivity contribution < 1.29 is 5.11 Å². The van der Waals surface area contributed by atoms with Gasteiger partial charge in [-0.05, 0) is 50.3 Å². The van der Waals surface area contributed by atoms with Crippen molar-refractivity contribution in [2.24, 2.45) is 0 Å². The van der Waals surface area contributed by atoms with E-state index in [1.54, 1.807) is 0 Å². The summed E-state index contributed by atoms with van der Waals surface area (Å²) in [6.45, 7) is 9.89. The summed E-state index contributed by atoms with van der Waals surface area (Å²) in [6, 6.07) is 6.68. The molecule has 2 heteroatoms. The van der Waals surface area contributed by atoms with Crippen molar-refractivity contribution in [1.82, 2.24) is 0 Å². The van der Waals surface area contributed by atoms with Crippen molar-refractivity contribution in [3.8, 4) is 0 Å². The van der Waals surface area contributed by atoms with E-state index < -0.39 is 0 Å². The highest BCUT2D eigenvalue weighted by atomic mass is 16.3. The van der Waals surface area contributed by atoms with Crippen molar-refractivity contribution in [3.05, 3.63) is 29.3 Å². The van der Waals surface area contributed by atoms with Crippen LogP contribution in [0.25, 0.3) is 0 Å². The Labute approximate surface area is 104 Å². The molecule has 1 heterocycles. The summed E-state index contributed by atoms with van der Waals surface area (Å²) in [5.74, 6) is 0.593. The summed E-state index contributed by atoms with van der Waals surface area (Å²) >= 11 is 0. The number of anilines is 1. The van der Waals surface area contributed by atoms with E-state index in [9.17, 15) is 5.11 Å². The summed E-state index contributed by atoms with van der Waals surface area (Å²) in [7, 11) is 0. The van der Waals surface area contributed by atoms with Gasteiger partial charge in [-0.15, -0.1) is 0 Å². The zero-order valence-electron chi connectivity index (χ0n) is 11.3. The predicted octanol–water partition coefficient (Wildman–Crippen LogP) is 3.08. The highest BCUT2D eigenvalue weighted by molar-refractivity contribution is 5.60. The van der Waals surface area contributed by atoms with Gasteiger partial charge < -0.3 is 10.0 Å². The van der Waals surface area contributed by atoms with Crippen LogP contribution < -0.4 is 4.90 Å². The van der Waals surface area contributed by atoms with Gasteiger partial charge in [0.2, 0.25) is 0 Å². The number of aryl methyl sites for hydroxylation is 1. The lowest BCUT2D eigenvalue weighted by molar-refractivity contribution is 0.277. The van der Waals surface area contributed by atoms with Crippen LogP contribution in [-0.4, -0.2) is 23.8 Å². The predicted molar refractivity (Wildman–Crippen MR) is 72.7 cm³/mol. The van der Waals surface area contributed by atoms with E-state index in [0.717, 1.165) is 13.0 Å². The molecule has 1 aliphatic rings. The minimum atomic E-state index is 0.128. The lowest BCUT2D eigenvalue weighted by Gasteiger charge is -2.47. The van der Waals surface area contributed by atoms with Crippen molar-refractivity contribution in [2.45, 2.75) is 45.6 Å². The molecule has 1 aromatic carbocycles. The number of nitrogens with zero attached hydrogens (tertiary/aromatic N) is 1. The monoisotopic (exact) mass is 233 g/mol. The quantitative estimate of drug-likeness (QED) is 0.848. The van der Waals surface area contributed by atoms with Gasteiger partial charge in [0.05, 0.1) is 6.61 Å². The van der Waals surface area contributed by atoms with Gasteiger partial charge in [0.25, 0.3) is 0 Å². The molecular formula is C15H23NO. The van der Waals surface area contributed by atoms with Crippen molar-refractivity contribution in [2.75, 3.05) is 18.1 Å². The van der Waals surface area contributed by atoms with E-state index in [0.29, 0.717) is 5.92 Å². The molecule has 94 valence electrons. The third-order valence-electron chi connectivity index (χ3n) is 3.87. The number of β-amino-alcohol motifs (C(OH)–C–C–N with tert-alkyl or cyclic N) is 1. The van der Waals surface area contributed by atoms with Crippen LogP contribution in [-0.2, 0) is 0 Å². The number of hydrogen-bond donors (Lipinski definition) is 1. The molecule has 0 radical (unpaired) electrons. The van der Waals surface area contributed by atoms with Gasteiger partial charge in [-0.25, -0.2) is 0 Å². The van der Waals surface area contributed by atoms with Crippen molar-refractivity contribution in [1.29, 1.82) is 0 Å². The second-order valence-corrected chi connectivity index (χ2v) is 5.86. The van der Waals surface area contributed by atoms with E-state index in [2.05, 4.69) is 50.8 Å². The van der Waals surface area contributed by atoms with Gasteiger partial charge in [0.15, 0.2) is 0 Å². The number of aliphatic hydroxyl groups excluding tert-OH is 1. The first-order chi connectivity index (χ1) is 7.95. The molecule has 0 bridgehead atoms. The molecule has 1 N–H and O–H groups in total. The zero-order chi connectivity index (χ0) is 12.6. The number of fused-ring (bicyclic) bond motifs is 1. The smallest absolute Gasteiger partial charge is 0.0606 e. The van der Waals surface area contributed by atoms with Crippen LogP contribution in [0, 0.1) is 6.92 Å². The fraction of sp³-hybridized carbons (Fsp3) is 0.600. The maximum Gasteiger partial charge on any atom is 0.0606 e. The fourth-order valence-corrected chi connectivity index (χ4v) is 3.12. The second-order valence-electron chi connectivity index (χ2n) is 5.86. The average Bonchev–Trinajstić information content (AvgIpc) is 2.23. The number of aliphatic hydroxyl groups is 1. The van der Waals surface area contributed by atoms with Crippen LogP contribution in [0.4, 0.5) is 5.69 Å². The zero-order valence-corrected chi connectivity index (χ0v) is 11.3. The van der Waals surface area contributed by atoms with Crippen LogP contribution in [0.2, 0.25) is 0 Å². The highest BCUT2D eigenvalue weighted by Crippen LogP contribution is 2.43. The Hall–Kier alpha value is -1.02. The Bertz CT molecular complexity index is 411. The Morgan fingerprint density at radius 1 is 1.41 bits per heavy atom. The maximum absolute atomic E-state index is 9.27. The topological polar surface area (TPSA) is 23.5 Å². The molecule has 0 saturated heterocycles. The van der Waals surface area contributed by atoms with Gasteiger partial charge in [0, 0.05) is 17.8 Å². The second kappa shape index (κ2) is 4.34. The number of benzene rings is 1. The molecule has 0 aliphatic carbocycles. The van der Waals surface area contributed by atoms with Crippen LogP contribution in [0.15, 0.2) is 18.2 Å². The van der Waals surface area contributed by atoms with Crippen molar-refractivity contribution >= 4 is 5.69 Å². The molecule has 1 atom stereocenters. The Balaban J connectivity index is 2.50. The lowest BCUT2D eigenvalue weighted by Crippen LogP contribution is -2.49. The van der Waals surface area contributed by atoms with Gasteiger partial charge in [-0.1, -0.05) is 19.1 Å². The van der Waals surface area contributed by atoms with E-state index in [-0.39, 0.29) is 12.1 Å². The first-order valence-electron chi connectivity index (χ1n) is 6.45. The first-order valence-corrected chi connectivity index (χ1v) is 6.45. The summed E-state index contributed by atoms with van der Waals surface area (Å²) in [5.41, 5.74) is 4.14. The largest absolute Gasteiger partial charge is 0.395 e. The fourth-order valence-electron chi connectivity index (χ4n) is 3.12. The van der Waals surface area contributed by atoms with Crippen LogP contribution in [0.3, 0.4) is 0 Å². The maximum atomic E-state index is 9.27. The minimum Gasteiger partial charge on any atom is -0.395 e. The first kappa shape index (κ1) is 12.4. The minimum absolute atomic E-state index is 0.128. The van der Waals surface area contributed by atoms with Gasteiger partial charge in [-0.3, -0.25) is 0 Å². The number of rotatable bonds is 2. The van der Waals surface area contributed by atoms with Gasteiger partial charge >= 0.3 is 0 Å². The highest BCUT2D eigenvalue weighted by Gasteiger charge is 2.35. The van der Waals surface area contributed by atoms with Crippen molar-refractivity contribution in [3.63, 3.8) is 0 Å².